The Morgan fingerprint density at radius 2 is 1.74 bits per heavy atom. The van der Waals surface area contributed by atoms with Gasteiger partial charge in [-0.3, -0.25) is 0 Å². The highest BCUT2D eigenvalue weighted by Crippen LogP contribution is 2.23. The molecule has 0 unspecified atom stereocenters. The van der Waals surface area contributed by atoms with E-state index in [1.807, 2.05) is 18.2 Å². The lowest BCUT2D eigenvalue weighted by atomic mass is 10.00. The van der Waals surface area contributed by atoms with E-state index in [1.54, 1.807) is 31.2 Å². The molecule has 2 atom stereocenters. The van der Waals surface area contributed by atoms with Gasteiger partial charge in [0.25, 0.3) is 0 Å². The van der Waals surface area contributed by atoms with Gasteiger partial charge in [0.05, 0.1) is 17.9 Å². The van der Waals surface area contributed by atoms with Crippen molar-refractivity contribution in [1.29, 1.82) is 0 Å². The molecule has 2 aromatic carbocycles. The van der Waals surface area contributed by atoms with Gasteiger partial charge in [0, 0.05) is 7.11 Å². The second-order valence-electron chi connectivity index (χ2n) is 5.34. The smallest absolute Gasteiger partial charge is 0.215 e. The first-order valence-corrected chi connectivity index (χ1v) is 8.90. The molecule has 0 aliphatic carbocycles. The zero-order valence-corrected chi connectivity index (χ0v) is 13.9. The molecule has 0 aromatic heterocycles. The van der Waals surface area contributed by atoms with Crippen LogP contribution in [0.2, 0.25) is 0 Å². The molecule has 1 N–H and O–H groups in total. The van der Waals surface area contributed by atoms with Crippen molar-refractivity contribution < 1.29 is 17.5 Å². The molecule has 0 saturated carbocycles. The average Bonchev–Trinajstić information content (AvgIpc) is 2.53. The number of halogens is 1. The molecule has 0 amide bonds. The van der Waals surface area contributed by atoms with E-state index in [9.17, 15) is 12.8 Å². The Kier molecular flexibility index (Phi) is 5.87. The predicted octanol–water partition coefficient (Wildman–Crippen LogP) is 2.87. The van der Waals surface area contributed by atoms with Gasteiger partial charge in [0.2, 0.25) is 10.0 Å². The first kappa shape index (κ1) is 17.6. The molecule has 124 valence electrons. The number of hydrogen-bond acceptors (Lipinski definition) is 3. The summed E-state index contributed by atoms with van der Waals surface area (Å²) in [6, 6.07) is 14.3. The van der Waals surface area contributed by atoms with Gasteiger partial charge in [-0.15, -0.1) is 0 Å². The van der Waals surface area contributed by atoms with Crippen molar-refractivity contribution in [2.45, 2.75) is 19.1 Å². The van der Waals surface area contributed by atoms with E-state index in [0.717, 1.165) is 5.56 Å². The van der Waals surface area contributed by atoms with E-state index < -0.39 is 28.0 Å². The Labute approximate surface area is 136 Å². The fraction of sp³-hybridized carbons (Fsp3) is 0.294. The summed E-state index contributed by atoms with van der Waals surface area (Å²) >= 11 is 0. The first-order chi connectivity index (χ1) is 10.9. The molecule has 4 nitrogen and oxygen atoms in total. The molecular weight excluding hydrogens is 317 g/mol. The molecular formula is C17H20FNO3S. The SMILES string of the molecule is CO[C@H](C)CS(=O)(=O)N[C@@H](c1ccccc1)c1cccc(F)c1. The molecule has 6 heteroatoms. The standard InChI is InChI=1S/C17H20FNO3S/c1-13(22-2)12-23(20,21)19-17(14-7-4-3-5-8-14)15-9-6-10-16(18)11-15/h3-11,13,17,19H,12H2,1-2H3/t13-,17+/m1/s1. The number of nitrogens with one attached hydrogen (secondary N) is 1. The average molecular weight is 337 g/mol. The Bertz CT molecular complexity index is 735. The van der Waals surface area contributed by atoms with Crippen LogP contribution in [-0.2, 0) is 14.8 Å². The molecule has 0 spiro atoms. The highest BCUT2D eigenvalue weighted by Gasteiger charge is 2.23. The monoisotopic (exact) mass is 337 g/mol. The highest BCUT2D eigenvalue weighted by atomic mass is 32.2. The van der Waals surface area contributed by atoms with E-state index >= 15 is 0 Å². The zero-order chi connectivity index (χ0) is 16.9. The molecule has 0 fully saturated rings. The third-order valence-corrected chi connectivity index (χ3v) is 4.97. The van der Waals surface area contributed by atoms with Crippen LogP contribution in [-0.4, -0.2) is 27.4 Å². The van der Waals surface area contributed by atoms with Crippen LogP contribution in [0.5, 0.6) is 0 Å². The Hall–Kier alpha value is -1.76. The largest absolute Gasteiger partial charge is 0.381 e. The van der Waals surface area contributed by atoms with Crippen molar-refractivity contribution in [2.75, 3.05) is 12.9 Å². The highest BCUT2D eigenvalue weighted by molar-refractivity contribution is 7.89. The normalized spacial score (nSPS) is 14.4. The minimum Gasteiger partial charge on any atom is -0.381 e. The molecule has 2 rings (SSSR count). The van der Waals surface area contributed by atoms with E-state index in [4.69, 9.17) is 4.74 Å². The minimum absolute atomic E-state index is 0.165. The van der Waals surface area contributed by atoms with E-state index in [1.165, 1.54) is 19.2 Å². The molecule has 0 radical (unpaired) electrons. The van der Waals surface area contributed by atoms with Crippen LogP contribution in [0.1, 0.15) is 24.1 Å². The van der Waals surface area contributed by atoms with Crippen LogP contribution < -0.4 is 4.72 Å². The Morgan fingerprint density at radius 1 is 1.09 bits per heavy atom. The summed E-state index contributed by atoms with van der Waals surface area (Å²) in [5, 5.41) is 0. The third kappa shape index (κ3) is 5.13. The zero-order valence-electron chi connectivity index (χ0n) is 13.1. The molecule has 2 aromatic rings. The van der Waals surface area contributed by atoms with Gasteiger partial charge >= 0.3 is 0 Å². The van der Waals surface area contributed by atoms with Crippen molar-refractivity contribution in [3.63, 3.8) is 0 Å². The van der Waals surface area contributed by atoms with Crippen LogP contribution in [0.3, 0.4) is 0 Å². The van der Waals surface area contributed by atoms with Crippen LogP contribution >= 0.6 is 0 Å². The Balaban J connectivity index is 2.35. The summed E-state index contributed by atoms with van der Waals surface area (Å²) in [5.74, 6) is -0.574. The summed E-state index contributed by atoms with van der Waals surface area (Å²) in [6.45, 7) is 1.68. The maximum absolute atomic E-state index is 13.5. The topological polar surface area (TPSA) is 55.4 Å². The lowest BCUT2D eigenvalue weighted by molar-refractivity contribution is 0.136. The van der Waals surface area contributed by atoms with Crippen LogP contribution in [0.4, 0.5) is 4.39 Å². The number of benzene rings is 2. The molecule has 0 aliphatic heterocycles. The van der Waals surface area contributed by atoms with E-state index in [0.29, 0.717) is 5.56 Å². The fourth-order valence-electron chi connectivity index (χ4n) is 2.26. The van der Waals surface area contributed by atoms with Gasteiger partial charge < -0.3 is 4.74 Å². The van der Waals surface area contributed by atoms with Gasteiger partial charge in [-0.25, -0.2) is 17.5 Å². The second kappa shape index (κ2) is 7.68. The quantitative estimate of drug-likeness (QED) is 0.845. The summed E-state index contributed by atoms with van der Waals surface area (Å²) in [7, 11) is -2.14. The lowest BCUT2D eigenvalue weighted by Crippen LogP contribution is -2.35. The minimum atomic E-state index is -3.60. The first-order valence-electron chi connectivity index (χ1n) is 7.24. The maximum atomic E-state index is 13.5. The van der Waals surface area contributed by atoms with Crippen molar-refractivity contribution in [2.24, 2.45) is 0 Å². The summed E-state index contributed by atoms with van der Waals surface area (Å²) in [5.41, 5.74) is 1.29. The van der Waals surface area contributed by atoms with Gasteiger partial charge in [0.15, 0.2) is 0 Å². The molecule has 0 saturated heterocycles. The van der Waals surface area contributed by atoms with Gasteiger partial charge in [-0.05, 0) is 30.2 Å². The van der Waals surface area contributed by atoms with Crippen LogP contribution in [0, 0.1) is 5.82 Å². The van der Waals surface area contributed by atoms with Gasteiger partial charge in [0.1, 0.15) is 5.82 Å². The lowest BCUT2D eigenvalue weighted by Gasteiger charge is -2.21. The summed E-state index contributed by atoms with van der Waals surface area (Å²) < 4.78 is 45.9. The van der Waals surface area contributed by atoms with Crippen molar-refractivity contribution in [1.82, 2.24) is 4.72 Å². The second-order valence-corrected chi connectivity index (χ2v) is 7.14. The van der Waals surface area contributed by atoms with Crippen molar-refractivity contribution in [3.8, 4) is 0 Å². The number of sulfonamides is 1. The number of methoxy groups -OCH3 is 1. The van der Waals surface area contributed by atoms with Gasteiger partial charge in [-0.2, -0.15) is 0 Å². The predicted molar refractivity (Wildman–Crippen MR) is 88.1 cm³/mol. The number of ether oxygens (including phenoxy) is 1. The molecule has 23 heavy (non-hydrogen) atoms. The van der Waals surface area contributed by atoms with Crippen molar-refractivity contribution in [3.05, 3.63) is 71.5 Å². The van der Waals surface area contributed by atoms with E-state index in [-0.39, 0.29) is 5.75 Å². The van der Waals surface area contributed by atoms with Crippen LogP contribution in [0.15, 0.2) is 54.6 Å². The van der Waals surface area contributed by atoms with E-state index in [2.05, 4.69) is 4.72 Å². The number of rotatable bonds is 7. The summed E-state index contributed by atoms with van der Waals surface area (Å²) in [6.07, 6.45) is -0.434. The van der Waals surface area contributed by atoms with Crippen LogP contribution in [0.25, 0.3) is 0 Å². The summed E-state index contributed by atoms with van der Waals surface area (Å²) in [4.78, 5) is 0. The molecule has 0 aliphatic rings. The molecule has 0 heterocycles. The molecule has 0 bridgehead atoms. The van der Waals surface area contributed by atoms with Gasteiger partial charge in [-0.1, -0.05) is 42.5 Å². The van der Waals surface area contributed by atoms with Crippen molar-refractivity contribution >= 4 is 10.0 Å². The fourth-order valence-corrected chi connectivity index (χ4v) is 3.75. The number of hydrogen-bond donors (Lipinski definition) is 1. The Morgan fingerprint density at radius 3 is 2.35 bits per heavy atom. The third-order valence-electron chi connectivity index (χ3n) is 3.47. The maximum Gasteiger partial charge on any atom is 0.215 e.